The van der Waals surface area contributed by atoms with E-state index < -0.39 is 0 Å². The third-order valence-corrected chi connectivity index (χ3v) is 7.72. The second-order valence-corrected chi connectivity index (χ2v) is 10.1. The lowest BCUT2D eigenvalue weighted by molar-refractivity contribution is 0.409. The predicted molar refractivity (Wildman–Crippen MR) is 160 cm³/mol. The molecule has 0 aliphatic carbocycles. The molecule has 7 aromatic rings. The molecule has 8 rings (SSSR count). The lowest BCUT2D eigenvalue weighted by atomic mass is 9.99. The summed E-state index contributed by atoms with van der Waals surface area (Å²) in [4.78, 5) is 5.21. The van der Waals surface area contributed by atoms with E-state index in [1.54, 1.807) is 0 Å². The molecule has 2 heterocycles. The number of furan rings is 1. The van der Waals surface area contributed by atoms with Crippen LogP contribution in [0.3, 0.4) is 0 Å². The van der Waals surface area contributed by atoms with Crippen LogP contribution in [-0.4, -0.2) is 5.84 Å². The first-order valence-corrected chi connectivity index (χ1v) is 13.3. The molecule has 2 unspecified atom stereocenters. The zero-order valence-corrected chi connectivity index (χ0v) is 21.1. The Morgan fingerprint density at radius 2 is 1.33 bits per heavy atom. The summed E-state index contributed by atoms with van der Waals surface area (Å²) in [6.45, 7) is 0. The molecule has 2 atom stereocenters. The molecule has 2 N–H and O–H groups in total. The van der Waals surface area contributed by atoms with Crippen molar-refractivity contribution < 1.29 is 4.42 Å². The Hall–Kier alpha value is -4.93. The highest BCUT2D eigenvalue weighted by Gasteiger charge is 2.26. The van der Waals surface area contributed by atoms with Crippen molar-refractivity contribution in [3.8, 4) is 0 Å². The molecular weight excluding hydrogens is 478 g/mol. The number of fused-ring (bicyclic) bond motifs is 6. The number of aliphatic imine (C=N–C) groups is 1. The third kappa shape index (κ3) is 3.77. The fraction of sp³-hybridized carbons (Fsp3) is 0.0571. The molecule has 186 valence electrons. The number of rotatable bonds is 3. The molecule has 4 heteroatoms. The lowest BCUT2D eigenvalue weighted by Crippen LogP contribution is -2.44. The number of nitrogens with zero attached hydrogens (tertiary/aromatic N) is 1. The molecule has 0 saturated carbocycles. The second kappa shape index (κ2) is 8.83. The summed E-state index contributed by atoms with van der Waals surface area (Å²) in [5.41, 5.74) is 5.17. The van der Waals surface area contributed by atoms with Crippen molar-refractivity contribution in [3.05, 3.63) is 144 Å². The van der Waals surface area contributed by atoms with E-state index >= 15 is 0 Å². The van der Waals surface area contributed by atoms with Crippen LogP contribution in [0.25, 0.3) is 43.5 Å². The molecule has 0 radical (unpaired) electrons. The van der Waals surface area contributed by atoms with Gasteiger partial charge in [-0.25, -0.2) is 4.99 Å². The highest BCUT2D eigenvalue weighted by Crippen LogP contribution is 2.36. The van der Waals surface area contributed by atoms with Crippen molar-refractivity contribution in [2.75, 3.05) is 0 Å². The van der Waals surface area contributed by atoms with Gasteiger partial charge in [0.15, 0.2) is 0 Å². The number of hydrogen-bond donors (Lipinski definition) is 2. The Morgan fingerprint density at radius 3 is 2.26 bits per heavy atom. The smallest absolute Gasteiger partial charge is 0.136 e. The van der Waals surface area contributed by atoms with Crippen molar-refractivity contribution in [1.82, 2.24) is 10.6 Å². The van der Waals surface area contributed by atoms with Gasteiger partial charge in [0.05, 0.1) is 0 Å². The monoisotopic (exact) mass is 503 g/mol. The molecule has 0 bridgehead atoms. The Balaban J connectivity index is 1.29. The van der Waals surface area contributed by atoms with E-state index in [1.165, 1.54) is 27.1 Å². The molecule has 6 aromatic carbocycles. The molecule has 39 heavy (non-hydrogen) atoms. The maximum absolute atomic E-state index is 6.18. The van der Waals surface area contributed by atoms with Gasteiger partial charge >= 0.3 is 0 Å². The van der Waals surface area contributed by atoms with Crippen LogP contribution in [-0.2, 0) is 0 Å². The topological polar surface area (TPSA) is 49.6 Å². The van der Waals surface area contributed by atoms with E-state index in [9.17, 15) is 0 Å². The van der Waals surface area contributed by atoms with Crippen LogP contribution in [0, 0.1) is 0 Å². The van der Waals surface area contributed by atoms with Crippen LogP contribution in [0.2, 0.25) is 0 Å². The third-order valence-electron chi connectivity index (χ3n) is 7.72. The van der Waals surface area contributed by atoms with Gasteiger partial charge < -0.3 is 9.73 Å². The van der Waals surface area contributed by atoms with Crippen molar-refractivity contribution in [1.29, 1.82) is 0 Å². The zero-order chi connectivity index (χ0) is 25.8. The van der Waals surface area contributed by atoms with Gasteiger partial charge in [-0.05, 0) is 56.9 Å². The standard InChI is InChI=1S/C35H25N3O/c1-2-9-24(10-3-1)33-36-34(26-16-14-22-8-4-5-11-25(22)20-26)38-35(37-33)27-17-15-23-18-19-31-32(29(23)21-27)28-12-6-7-13-30(28)39-31/h1-21,33,35,37H,(H,36,38). The molecule has 1 aliphatic heterocycles. The Labute approximate surface area is 225 Å². The zero-order valence-electron chi connectivity index (χ0n) is 21.1. The fourth-order valence-corrected chi connectivity index (χ4v) is 5.76. The number of amidine groups is 1. The van der Waals surface area contributed by atoms with E-state index in [1.807, 2.05) is 18.2 Å². The Bertz CT molecular complexity index is 2040. The maximum Gasteiger partial charge on any atom is 0.136 e. The molecule has 0 fully saturated rings. The normalized spacial score (nSPS) is 17.5. The molecule has 4 nitrogen and oxygen atoms in total. The van der Waals surface area contributed by atoms with Gasteiger partial charge in [0.25, 0.3) is 0 Å². The van der Waals surface area contributed by atoms with E-state index in [2.05, 4.69) is 120 Å². The van der Waals surface area contributed by atoms with E-state index in [0.717, 1.165) is 38.9 Å². The van der Waals surface area contributed by atoms with Crippen LogP contribution in [0.15, 0.2) is 137 Å². The Morgan fingerprint density at radius 1 is 0.564 bits per heavy atom. The lowest BCUT2D eigenvalue weighted by Gasteiger charge is -2.32. The largest absolute Gasteiger partial charge is 0.456 e. The number of hydrogen-bond acceptors (Lipinski definition) is 4. The van der Waals surface area contributed by atoms with Crippen LogP contribution in [0.4, 0.5) is 0 Å². The molecule has 0 amide bonds. The summed E-state index contributed by atoms with van der Waals surface area (Å²) < 4.78 is 6.18. The highest BCUT2D eigenvalue weighted by molar-refractivity contribution is 6.18. The van der Waals surface area contributed by atoms with Crippen LogP contribution in [0.1, 0.15) is 29.0 Å². The average molecular weight is 504 g/mol. The highest BCUT2D eigenvalue weighted by atomic mass is 16.3. The first-order valence-electron chi connectivity index (χ1n) is 13.3. The van der Waals surface area contributed by atoms with E-state index in [0.29, 0.717) is 0 Å². The van der Waals surface area contributed by atoms with E-state index in [-0.39, 0.29) is 12.3 Å². The summed E-state index contributed by atoms with van der Waals surface area (Å²) >= 11 is 0. The second-order valence-electron chi connectivity index (χ2n) is 10.1. The average Bonchev–Trinajstić information content (AvgIpc) is 3.40. The van der Waals surface area contributed by atoms with E-state index in [4.69, 9.17) is 9.41 Å². The number of nitrogens with one attached hydrogen (secondary N) is 2. The molecule has 1 aliphatic rings. The van der Waals surface area contributed by atoms with Gasteiger partial charge in [0.2, 0.25) is 0 Å². The number of para-hydroxylation sites is 1. The maximum atomic E-state index is 6.18. The molecular formula is C35H25N3O. The van der Waals surface area contributed by atoms with Crippen LogP contribution >= 0.6 is 0 Å². The van der Waals surface area contributed by atoms with Gasteiger partial charge in [-0.2, -0.15) is 0 Å². The SMILES string of the molecule is c1ccc(C2NC(c3ccc4ccccc4c3)=NC(c3ccc4ccc5oc6ccccc6c5c4c3)N2)cc1. The van der Waals surface area contributed by atoms with Gasteiger partial charge in [-0.15, -0.1) is 0 Å². The minimum absolute atomic E-state index is 0.0867. The summed E-state index contributed by atoms with van der Waals surface area (Å²) in [5, 5.41) is 14.5. The number of benzene rings is 6. The minimum Gasteiger partial charge on any atom is -0.456 e. The summed E-state index contributed by atoms with van der Waals surface area (Å²) in [6.07, 6.45) is -0.313. The summed E-state index contributed by atoms with van der Waals surface area (Å²) in [7, 11) is 0. The summed E-state index contributed by atoms with van der Waals surface area (Å²) in [6, 6.07) is 44.6. The fourth-order valence-electron chi connectivity index (χ4n) is 5.76. The van der Waals surface area contributed by atoms with Crippen molar-refractivity contribution in [3.63, 3.8) is 0 Å². The molecule has 0 spiro atoms. The molecule has 1 aromatic heterocycles. The predicted octanol–water partition coefficient (Wildman–Crippen LogP) is 8.23. The van der Waals surface area contributed by atoms with Crippen molar-refractivity contribution in [2.24, 2.45) is 4.99 Å². The molecule has 0 saturated heterocycles. The van der Waals surface area contributed by atoms with Crippen molar-refractivity contribution in [2.45, 2.75) is 12.3 Å². The van der Waals surface area contributed by atoms with Crippen LogP contribution in [0.5, 0.6) is 0 Å². The van der Waals surface area contributed by atoms with Crippen molar-refractivity contribution >= 4 is 49.3 Å². The minimum atomic E-state index is -0.226. The summed E-state index contributed by atoms with van der Waals surface area (Å²) in [5.74, 6) is 0.880. The van der Waals surface area contributed by atoms with Gasteiger partial charge in [-0.1, -0.05) is 103 Å². The quantitative estimate of drug-likeness (QED) is 0.255. The van der Waals surface area contributed by atoms with Gasteiger partial charge in [0, 0.05) is 16.3 Å². The first kappa shape index (κ1) is 22.1. The first-order chi connectivity index (χ1) is 19.3. The van der Waals surface area contributed by atoms with Gasteiger partial charge in [0.1, 0.15) is 29.3 Å². The van der Waals surface area contributed by atoms with Crippen LogP contribution < -0.4 is 10.6 Å². The Kier molecular flexibility index (Phi) is 5.00. The van der Waals surface area contributed by atoms with Gasteiger partial charge in [-0.3, -0.25) is 5.32 Å².